The minimum atomic E-state index is -0.682. The Hall–Kier alpha value is -1.81. The van der Waals surface area contributed by atoms with Crippen LogP contribution in [-0.4, -0.2) is 21.8 Å². The van der Waals surface area contributed by atoms with Gasteiger partial charge in [-0.05, 0) is 24.1 Å². The van der Waals surface area contributed by atoms with E-state index in [1.54, 1.807) is 13.3 Å². The minimum Gasteiger partial charge on any atom is -0.497 e. The number of hydrogen-bond donors (Lipinski definition) is 1. The third-order valence-electron chi connectivity index (χ3n) is 3.28. The van der Waals surface area contributed by atoms with Gasteiger partial charge in [-0.1, -0.05) is 19.1 Å². The van der Waals surface area contributed by atoms with Crippen LogP contribution in [0.1, 0.15) is 36.5 Å². The van der Waals surface area contributed by atoms with Crippen LogP contribution in [-0.2, 0) is 13.5 Å². The lowest BCUT2D eigenvalue weighted by atomic mass is 10.1. The largest absolute Gasteiger partial charge is 0.497 e. The summed E-state index contributed by atoms with van der Waals surface area (Å²) >= 11 is 0. The molecule has 0 aliphatic rings. The minimum absolute atomic E-state index is 0.682. The Morgan fingerprint density at radius 1 is 1.42 bits per heavy atom. The van der Waals surface area contributed by atoms with Crippen LogP contribution < -0.4 is 4.74 Å². The zero-order valence-corrected chi connectivity index (χ0v) is 11.6. The molecule has 2 rings (SSSR count). The molecule has 1 heterocycles. The molecule has 0 fully saturated rings. The Morgan fingerprint density at radius 2 is 2.21 bits per heavy atom. The van der Waals surface area contributed by atoms with Gasteiger partial charge in [0.1, 0.15) is 17.7 Å². The van der Waals surface area contributed by atoms with Crippen molar-refractivity contribution in [2.45, 2.75) is 25.9 Å². The number of methoxy groups -OCH3 is 1. The normalized spacial score (nSPS) is 12.4. The van der Waals surface area contributed by atoms with E-state index >= 15 is 0 Å². The first-order valence-electron chi connectivity index (χ1n) is 6.49. The summed E-state index contributed by atoms with van der Waals surface area (Å²) in [6.07, 6.45) is 3.02. The third-order valence-corrected chi connectivity index (χ3v) is 3.28. The summed E-state index contributed by atoms with van der Waals surface area (Å²) in [6, 6.07) is 7.47. The van der Waals surface area contributed by atoms with E-state index in [1.165, 1.54) is 0 Å². The maximum absolute atomic E-state index is 10.5. The van der Waals surface area contributed by atoms with E-state index in [9.17, 15) is 5.11 Å². The highest BCUT2D eigenvalue weighted by molar-refractivity contribution is 5.33. The van der Waals surface area contributed by atoms with Crippen LogP contribution in [0.5, 0.6) is 5.75 Å². The zero-order valence-electron chi connectivity index (χ0n) is 11.6. The molecule has 0 aliphatic heterocycles. The summed E-state index contributed by atoms with van der Waals surface area (Å²) in [5.74, 6) is 1.74. The van der Waals surface area contributed by atoms with Crippen LogP contribution in [0, 0.1) is 0 Å². The first-order valence-corrected chi connectivity index (χ1v) is 6.49. The predicted molar refractivity (Wildman–Crippen MR) is 74.3 cm³/mol. The van der Waals surface area contributed by atoms with Crippen LogP contribution in [0.3, 0.4) is 0 Å². The molecular formula is C15H20N2O2. The summed E-state index contributed by atoms with van der Waals surface area (Å²) in [5.41, 5.74) is 1.61. The van der Waals surface area contributed by atoms with Crippen molar-refractivity contribution in [1.29, 1.82) is 0 Å². The van der Waals surface area contributed by atoms with Crippen molar-refractivity contribution in [3.05, 3.63) is 47.5 Å². The monoisotopic (exact) mass is 260 g/mol. The van der Waals surface area contributed by atoms with Crippen LogP contribution >= 0.6 is 0 Å². The van der Waals surface area contributed by atoms with Gasteiger partial charge in [0.15, 0.2) is 0 Å². The number of ether oxygens (including phenoxy) is 1. The first-order chi connectivity index (χ1) is 9.17. The van der Waals surface area contributed by atoms with E-state index in [0.717, 1.165) is 35.7 Å². The molecule has 0 unspecified atom stereocenters. The summed E-state index contributed by atoms with van der Waals surface area (Å²) in [7, 11) is 3.56. The SMILES string of the molecule is CCCc1ncc([C@H](O)c2cccc(OC)c2)n1C. The molecule has 102 valence electrons. The van der Waals surface area contributed by atoms with Gasteiger partial charge in [0.2, 0.25) is 0 Å². The molecular weight excluding hydrogens is 240 g/mol. The van der Waals surface area contributed by atoms with E-state index in [2.05, 4.69) is 11.9 Å². The number of aliphatic hydroxyl groups excluding tert-OH is 1. The number of nitrogens with zero attached hydrogens (tertiary/aromatic N) is 2. The Morgan fingerprint density at radius 3 is 2.89 bits per heavy atom. The Bertz CT molecular complexity index is 549. The topological polar surface area (TPSA) is 47.3 Å². The predicted octanol–water partition coefficient (Wildman–Crippen LogP) is 2.46. The highest BCUT2D eigenvalue weighted by atomic mass is 16.5. The van der Waals surface area contributed by atoms with Gasteiger partial charge in [-0.15, -0.1) is 0 Å². The number of rotatable bonds is 5. The molecule has 1 N–H and O–H groups in total. The molecule has 2 aromatic rings. The quantitative estimate of drug-likeness (QED) is 0.898. The number of hydrogen-bond acceptors (Lipinski definition) is 3. The molecule has 0 amide bonds. The van der Waals surface area contributed by atoms with Gasteiger partial charge in [-0.25, -0.2) is 4.98 Å². The number of imidazole rings is 1. The summed E-state index contributed by atoms with van der Waals surface area (Å²) in [6.45, 7) is 2.12. The second-order valence-corrected chi connectivity index (χ2v) is 4.59. The van der Waals surface area contributed by atoms with Crippen molar-refractivity contribution < 1.29 is 9.84 Å². The molecule has 0 saturated carbocycles. The van der Waals surface area contributed by atoms with E-state index < -0.39 is 6.10 Å². The van der Waals surface area contributed by atoms with Crippen molar-refractivity contribution in [3.63, 3.8) is 0 Å². The van der Waals surface area contributed by atoms with Crippen molar-refractivity contribution in [1.82, 2.24) is 9.55 Å². The van der Waals surface area contributed by atoms with Gasteiger partial charge in [-0.2, -0.15) is 0 Å². The van der Waals surface area contributed by atoms with Crippen molar-refractivity contribution in [3.8, 4) is 5.75 Å². The summed E-state index contributed by atoms with van der Waals surface area (Å²) in [4.78, 5) is 4.37. The van der Waals surface area contributed by atoms with Crippen molar-refractivity contribution in [2.24, 2.45) is 7.05 Å². The summed E-state index contributed by atoms with van der Waals surface area (Å²) in [5, 5.41) is 10.5. The van der Waals surface area contributed by atoms with E-state index in [1.807, 2.05) is 35.9 Å². The highest BCUT2D eigenvalue weighted by Gasteiger charge is 2.16. The van der Waals surface area contributed by atoms with Crippen LogP contribution in [0.2, 0.25) is 0 Å². The Labute approximate surface area is 113 Å². The first kappa shape index (κ1) is 13.6. The van der Waals surface area contributed by atoms with E-state index in [-0.39, 0.29) is 0 Å². The number of benzene rings is 1. The third kappa shape index (κ3) is 2.79. The molecule has 19 heavy (non-hydrogen) atoms. The molecule has 1 atom stereocenters. The summed E-state index contributed by atoms with van der Waals surface area (Å²) < 4.78 is 7.15. The molecule has 1 aromatic heterocycles. The molecule has 0 spiro atoms. The van der Waals surface area contributed by atoms with Gasteiger partial charge in [0.25, 0.3) is 0 Å². The second kappa shape index (κ2) is 5.89. The standard InChI is InChI=1S/C15H20N2O2/c1-4-6-14-16-10-13(17(14)2)15(18)11-7-5-8-12(9-11)19-3/h5,7-10,15,18H,4,6H2,1-3H3/t15-/m1/s1. The second-order valence-electron chi connectivity index (χ2n) is 4.59. The maximum atomic E-state index is 10.5. The number of aliphatic hydroxyl groups is 1. The van der Waals surface area contributed by atoms with Gasteiger partial charge in [-0.3, -0.25) is 0 Å². The van der Waals surface area contributed by atoms with Crippen LogP contribution in [0.15, 0.2) is 30.5 Å². The molecule has 0 aliphatic carbocycles. The van der Waals surface area contributed by atoms with Gasteiger partial charge < -0.3 is 14.4 Å². The van der Waals surface area contributed by atoms with Crippen LogP contribution in [0.4, 0.5) is 0 Å². The fourth-order valence-corrected chi connectivity index (χ4v) is 2.16. The van der Waals surface area contributed by atoms with E-state index in [0.29, 0.717) is 0 Å². The smallest absolute Gasteiger partial charge is 0.121 e. The lowest BCUT2D eigenvalue weighted by Gasteiger charge is -2.13. The number of aromatic nitrogens is 2. The Kier molecular flexibility index (Phi) is 4.22. The lowest BCUT2D eigenvalue weighted by molar-refractivity contribution is 0.210. The molecule has 4 heteroatoms. The Balaban J connectivity index is 2.30. The average Bonchev–Trinajstić information content (AvgIpc) is 2.80. The number of aryl methyl sites for hydroxylation is 1. The van der Waals surface area contributed by atoms with Gasteiger partial charge in [0, 0.05) is 13.5 Å². The molecule has 1 aromatic carbocycles. The molecule has 0 bridgehead atoms. The van der Waals surface area contributed by atoms with Gasteiger partial charge in [0.05, 0.1) is 19.0 Å². The van der Waals surface area contributed by atoms with Crippen LogP contribution in [0.25, 0.3) is 0 Å². The van der Waals surface area contributed by atoms with E-state index in [4.69, 9.17) is 4.74 Å². The zero-order chi connectivity index (χ0) is 13.8. The van der Waals surface area contributed by atoms with Crippen molar-refractivity contribution >= 4 is 0 Å². The highest BCUT2D eigenvalue weighted by Crippen LogP contribution is 2.25. The molecule has 0 saturated heterocycles. The fourth-order valence-electron chi connectivity index (χ4n) is 2.16. The van der Waals surface area contributed by atoms with Gasteiger partial charge >= 0.3 is 0 Å². The molecule has 4 nitrogen and oxygen atoms in total. The molecule has 0 radical (unpaired) electrons. The maximum Gasteiger partial charge on any atom is 0.121 e. The fraction of sp³-hybridized carbons (Fsp3) is 0.400. The lowest BCUT2D eigenvalue weighted by Crippen LogP contribution is -2.08. The van der Waals surface area contributed by atoms with Crippen molar-refractivity contribution in [2.75, 3.05) is 7.11 Å². The average molecular weight is 260 g/mol.